The molecule has 0 nitrogen and oxygen atoms in total. The van der Waals surface area contributed by atoms with Gasteiger partial charge in [-0.1, -0.05) is 45.8 Å². The molecule has 0 aromatic heterocycles. The van der Waals surface area contributed by atoms with Crippen LogP contribution in [0.25, 0.3) is 0 Å². The van der Waals surface area contributed by atoms with Gasteiger partial charge in [-0.2, -0.15) is 0 Å². The highest BCUT2D eigenvalue weighted by Crippen LogP contribution is 2.03. The summed E-state index contributed by atoms with van der Waals surface area (Å²) in [6.07, 6.45) is 9.41. The molecule has 0 saturated carbocycles. The first-order valence-electron chi connectivity index (χ1n) is 4.27. The van der Waals surface area contributed by atoms with Crippen LogP contribution in [-0.2, 0) is 0 Å². The lowest BCUT2D eigenvalue weighted by atomic mass is 10.1. The molecule has 0 saturated heterocycles. The summed E-state index contributed by atoms with van der Waals surface area (Å²) in [6.45, 7) is 8.26. The fraction of sp³-hybridized carbons (Fsp3) is 0.700. The minimum atomic E-state index is 0.664. The molecule has 0 heterocycles. The minimum Gasteiger partial charge on any atom is -0.0883 e. The summed E-state index contributed by atoms with van der Waals surface area (Å²) in [5.74, 6) is 0.664. The van der Waals surface area contributed by atoms with E-state index in [9.17, 15) is 0 Å². The van der Waals surface area contributed by atoms with Gasteiger partial charge in [-0.3, -0.25) is 0 Å². The topological polar surface area (TPSA) is 0 Å². The Morgan fingerprint density at radius 2 is 2.20 bits per heavy atom. The van der Waals surface area contributed by atoms with Crippen LogP contribution in [0.4, 0.5) is 0 Å². The Bertz CT molecular complexity index is 82.0. The molecular formula is C10H19. The van der Waals surface area contributed by atoms with Crippen molar-refractivity contribution in [3.63, 3.8) is 0 Å². The summed E-state index contributed by atoms with van der Waals surface area (Å²) in [6, 6.07) is 0. The van der Waals surface area contributed by atoms with Crippen molar-refractivity contribution >= 4 is 0 Å². The molecule has 0 heteroatoms. The Labute approximate surface area is 65.3 Å². The molecule has 0 aliphatic rings. The molecule has 1 radical (unpaired) electrons. The maximum Gasteiger partial charge on any atom is -0.0262 e. The second-order valence-electron chi connectivity index (χ2n) is 2.84. The van der Waals surface area contributed by atoms with E-state index in [2.05, 4.69) is 32.9 Å². The van der Waals surface area contributed by atoms with Crippen LogP contribution in [0, 0.1) is 12.8 Å². The molecule has 0 aromatic carbocycles. The lowest BCUT2D eigenvalue weighted by molar-refractivity contribution is 0.730. The second kappa shape index (κ2) is 6.85. The van der Waals surface area contributed by atoms with Crippen LogP contribution in [-0.4, -0.2) is 0 Å². The Kier molecular flexibility index (Phi) is 6.68. The first kappa shape index (κ1) is 9.74. The van der Waals surface area contributed by atoms with E-state index in [4.69, 9.17) is 0 Å². The second-order valence-corrected chi connectivity index (χ2v) is 2.84. The van der Waals surface area contributed by atoms with E-state index < -0.39 is 0 Å². The van der Waals surface area contributed by atoms with Crippen LogP contribution >= 0.6 is 0 Å². The molecule has 0 N–H and O–H groups in total. The molecule has 0 rings (SSSR count). The van der Waals surface area contributed by atoms with E-state index in [0.717, 1.165) is 6.42 Å². The minimum absolute atomic E-state index is 0.664. The number of unbranched alkanes of at least 4 members (excludes halogenated alkanes) is 2. The van der Waals surface area contributed by atoms with Crippen molar-refractivity contribution in [1.82, 2.24) is 0 Å². The summed E-state index contributed by atoms with van der Waals surface area (Å²) >= 11 is 0. The Morgan fingerprint density at radius 3 is 2.70 bits per heavy atom. The third-order valence-corrected chi connectivity index (χ3v) is 1.64. The van der Waals surface area contributed by atoms with Gasteiger partial charge in [-0.15, -0.1) is 0 Å². The Morgan fingerprint density at radius 1 is 1.50 bits per heavy atom. The van der Waals surface area contributed by atoms with E-state index in [1.807, 2.05) is 0 Å². The van der Waals surface area contributed by atoms with Crippen molar-refractivity contribution in [1.29, 1.82) is 0 Å². The molecule has 1 unspecified atom stereocenters. The highest BCUT2D eigenvalue weighted by atomic mass is 13.9. The van der Waals surface area contributed by atoms with E-state index in [0.29, 0.717) is 5.92 Å². The lowest BCUT2D eigenvalue weighted by Gasteiger charge is -1.98. The zero-order valence-corrected chi connectivity index (χ0v) is 7.27. The Hall–Kier alpha value is -0.260. The molecule has 0 bridgehead atoms. The van der Waals surface area contributed by atoms with Gasteiger partial charge >= 0.3 is 0 Å². The largest absolute Gasteiger partial charge is 0.0883 e. The monoisotopic (exact) mass is 139 g/mol. The zero-order valence-electron chi connectivity index (χ0n) is 7.27. The van der Waals surface area contributed by atoms with Gasteiger partial charge in [0.05, 0.1) is 0 Å². The molecule has 0 aromatic rings. The predicted molar refractivity (Wildman–Crippen MR) is 47.8 cm³/mol. The van der Waals surface area contributed by atoms with E-state index in [1.54, 1.807) is 0 Å². The molecule has 0 spiro atoms. The highest BCUT2D eigenvalue weighted by Gasteiger charge is 1.88. The molecule has 0 aliphatic carbocycles. The molecule has 0 aliphatic heterocycles. The van der Waals surface area contributed by atoms with Crippen molar-refractivity contribution in [3.8, 4) is 0 Å². The van der Waals surface area contributed by atoms with Gasteiger partial charge in [-0.25, -0.2) is 0 Å². The summed E-state index contributed by atoms with van der Waals surface area (Å²) < 4.78 is 0. The van der Waals surface area contributed by atoms with Crippen molar-refractivity contribution in [3.05, 3.63) is 19.1 Å². The molecule has 0 fully saturated rings. The number of hydrogen-bond acceptors (Lipinski definition) is 0. The predicted octanol–water partition coefficient (Wildman–Crippen LogP) is 3.59. The van der Waals surface area contributed by atoms with Crippen LogP contribution in [0.15, 0.2) is 12.2 Å². The van der Waals surface area contributed by atoms with Gasteiger partial charge in [0, 0.05) is 0 Å². The van der Waals surface area contributed by atoms with Crippen LogP contribution in [0.3, 0.4) is 0 Å². The fourth-order valence-electron chi connectivity index (χ4n) is 0.747. The average Bonchev–Trinajstić information content (AvgIpc) is 1.98. The smallest absolute Gasteiger partial charge is 0.0262 e. The van der Waals surface area contributed by atoms with Crippen LogP contribution in [0.2, 0.25) is 0 Å². The third kappa shape index (κ3) is 5.87. The van der Waals surface area contributed by atoms with Gasteiger partial charge < -0.3 is 0 Å². The molecule has 0 amide bonds. The first-order chi connectivity index (χ1) is 4.81. The molecule has 1 atom stereocenters. The first-order valence-corrected chi connectivity index (χ1v) is 4.27. The fourth-order valence-corrected chi connectivity index (χ4v) is 0.747. The van der Waals surface area contributed by atoms with Crippen LogP contribution in [0.5, 0.6) is 0 Å². The molecule has 10 heavy (non-hydrogen) atoms. The standard InChI is InChI=1S/C10H19/c1-4-6-7-8-9-10(3)5-2/h8-10H,2,4-7H2,1,3H3. The van der Waals surface area contributed by atoms with Crippen LogP contribution in [0.1, 0.15) is 39.5 Å². The van der Waals surface area contributed by atoms with E-state index in [1.165, 1.54) is 19.3 Å². The normalized spacial score (nSPS) is 14.3. The average molecular weight is 139 g/mol. The van der Waals surface area contributed by atoms with Crippen molar-refractivity contribution < 1.29 is 0 Å². The maximum atomic E-state index is 3.83. The van der Waals surface area contributed by atoms with Gasteiger partial charge in [0.1, 0.15) is 0 Å². The zero-order chi connectivity index (χ0) is 7.82. The Balaban J connectivity index is 3.18. The summed E-state index contributed by atoms with van der Waals surface area (Å²) in [5, 5.41) is 0. The van der Waals surface area contributed by atoms with Gasteiger partial charge in [-0.05, 0) is 18.8 Å². The molecule has 59 valence electrons. The summed E-state index contributed by atoms with van der Waals surface area (Å²) in [5.41, 5.74) is 0. The quantitative estimate of drug-likeness (QED) is 0.403. The lowest BCUT2D eigenvalue weighted by Crippen LogP contribution is -1.83. The summed E-state index contributed by atoms with van der Waals surface area (Å²) in [7, 11) is 0. The van der Waals surface area contributed by atoms with Crippen molar-refractivity contribution in [2.24, 2.45) is 5.92 Å². The van der Waals surface area contributed by atoms with Crippen molar-refractivity contribution in [2.75, 3.05) is 0 Å². The van der Waals surface area contributed by atoms with Crippen LogP contribution < -0.4 is 0 Å². The van der Waals surface area contributed by atoms with Gasteiger partial charge in [0.15, 0.2) is 0 Å². The van der Waals surface area contributed by atoms with E-state index >= 15 is 0 Å². The number of hydrogen-bond donors (Lipinski definition) is 0. The van der Waals surface area contributed by atoms with Gasteiger partial charge in [0.25, 0.3) is 0 Å². The number of rotatable bonds is 5. The van der Waals surface area contributed by atoms with E-state index in [-0.39, 0.29) is 0 Å². The van der Waals surface area contributed by atoms with Crippen molar-refractivity contribution in [2.45, 2.75) is 39.5 Å². The molecular weight excluding hydrogens is 120 g/mol. The third-order valence-electron chi connectivity index (χ3n) is 1.64. The van der Waals surface area contributed by atoms with Gasteiger partial charge in [0.2, 0.25) is 0 Å². The highest BCUT2D eigenvalue weighted by molar-refractivity contribution is 4.86. The number of allylic oxidation sites excluding steroid dienone is 2. The summed E-state index contributed by atoms with van der Waals surface area (Å²) in [4.78, 5) is 0. The maximum absolute atomic E-state index is 3.83. The SMILES string of the molecule is [CH2]CC(C)C=CCCCC.